The molecule has 0 aromatic rings. The largest absolute Gasteiger partial charge is 0.390 e. The van der Waals surface area contributed by atoms with Gasteiger partial charge in [0, 0.05) is 0 Å². The maximum atomic E-state index is 9.37. The van der Waals surface area contributed by atoms with E-state index in [0.29, 0.717) is 11.8 Å². The van der Waals surface area contributed by atoms with Gasteiger partial charge in [-0.2, -0.15) is 0 Å². The molecule has 0 aromatic carbocycles. The lowest BCUT2D eigenvalue weighted by Crippen LogP contribution is -2.36. The van der Waals surface area contributed by atoms with E-state index < -0.39 is 12.2 Å². The molecule has 0 unspecified atom stereocenters. The van der Waals surface area contributed by atoms with Crippen LogP contribution in [0, 0.1) is 11.8 Å². The zero-order valence-electron chi connectivity index (χ0n) is 6.74. The van der Waals surface area contributed by atoms with E-state index in [1.807, 2.05) is 0 Å². The maximum Gasteiger partial charge on any atom is 0.0802 e. The van der Waals surface area contributed by atoms with Crippen LogP contribution in [0.2, 0.25) is 0 Å². The standard InChI is InChI=1S/C9H16O2/c10-8-4-6-2-1-3-7(6)5-9(8)11/h6-11H,1-5H2/t6-,7-,8-,9+/m0/s1. The Bertz CT molecular complexity index is 130. The molecule has 2 saturated carbocycles. The van der Waals surface area contributed by atoms with Crippen LogP contribution in [0.25, 0.3) is 0 Å². The maximum absolute atomic E-state index is 9.37. The predicted molar refractivity (Wildman–Crippen MR) is 42.1 cm³/mol. The summed E-state index contributed by atoms with van der Waals surface area (Å²) in [6.45, 7) is 0. The van der Waals surface area contributed by atoms with Crippen LogP contribution in [-0.4, -0.2) is 22.4 Å². The van der Waals surface area contributed by atoms with E-state index in [1.165, 1.54) is 19.3 Å². The molecule has 4 atom stereocenters. The Morgan fingerprint density at radius 2 is 1.27 bits per heavy atom. The van der Waals surface area contributed by atoms with Crippen LogP contribution in [0.15, 0.2) is 0 Å². The van der Waals surface area contributed by atoms with Crippen molar-refractivity contribution in [3.63, 3.8) is 0 Å². The van der Waals surface area contributed by atoms with Crippen LogP contribution in [0.1, 0.15) is 32.1 Å². The average Bonchev–Trinajstić information content (AvgIpc) is 2.36. The first-order valence-electron chi connectivity index (χ1n) is 4.63. The van der Waals surface area contributed by atoms with E-state index in [4.69, 9.17) is 0 Å². The van der Waals surface area contributed by atoms with Gasteiger partial charge in [-0.05, 0) is 24.7 Å². The highest BCUT2D eigenvalue weighted by atomic mass is 16.3. The minimum absolute atomic E-state index is 0.436. The smallest absolute Gasteiger partial charge is 0.0802 e. The molecule has 0 aliphatic heterocycles. The van der Waals surface area contributed by atoms with Crippen LogP contribution in [0.5, 0.6) is 0 Å². The van der Waals surface area contributed by atoms with Gasteiger partial charge in [-0.25, -0.2) is 0 Å². The molecule has 0 aromatic heterocycles. The number of fused-ring (bicyclic) bond motifs is 1. The van der Waals surface area contributed by atoms with Crippen molar-refractivity contribution in [2.24, 2.45) is 11.8 Å². The van der Waals surface area contributed by atoms with Gasteiger partial charge in [-0.3, -0.25) is 0 Å². The molecule has 2 rings (SSSR count). The fourth-order valence-electron chi connectivity index (χ4n) is 2.67. The summed E-state index contributed by atoms with van der Waals surface area (Å²) in [4.78, 5) is 0. The van der Waals surface area contributed by atoms with E-state index in [9.17, 15) is 10.2 Å². The lowest BCUT2D eigenvalue weighted by atomic mass is 9.79. The molecule has 0 radical (unpaired) electrons. The molecule has 11 heavy (non-hydrogen) atoms. The van der Waals surface area contributed by atoms with Crippen molar-refractivity contribution in [2.45, 2.75) is 44.3 Å². The SMILES string of the molecule is O[C@@H]1C[C@@H]2CCC[C@H]2C[C@@H]1O. The van der Waals surface area contributed by atoms with Gasteiger partial charge < -0.3 is 10.2 Å². The Balaban J connectivity index is 2.00. The van der Waals surface area contributed by atoms with Crippen molar-refractivity contribution in [3.8, 4) is 0 Å². The predicted octanol–water partition coefficient (Wildman–Crippen LogP) is 0.918. The Hall–Kier alpha value is -0.0800. The number of rotatable bonds is 0. The first kappa shape index (κ1) is 7.56. The second kappa shape index (κ2) is 2.76. The third-order valence-electron chi connectivity index (χ3n) is 3.35. The number of hydrogen-bond acceptors (Lipinski definition) is 2. The fraction of sp³-hybridized carbons (Fsp3) is 1.00. The lowest BCUT2D eigenvalue weighted by Gasteiger charge is -2.32. The third-order valence-corrected chi connectivity index (χ3v) is 3.35. The second-order valence-electron chi connectivity index (χ2n) is 4.06. The molecule has 2 fully saturated rings. The normalized spacial score (nSPS) is 50.7. The van der Waals surface area contributed by atoms with Crippen molar-refractivity contribution >= 4 is 0 Å². The summed E-state index contributed by atoms with van der Waals surface area (Å²) in [6.07, 6.45) is 4.65. The van der Waals surface area contributed by atoms with Gasteiger partial charge in [0.2, 0.25) is 0 Å². The lowest BCUT2D eigenvalue weighted by molar-refractivity contribution is -0.0408. The zero-order chi connectivity index (χ0) is 7.84. The van der Waals surface area contributed by atoms with Crippen molar-refractivity contribution in [1.29, 1.82) is 0 Å². The van der Waals surface area contributed by atoms with Crippen molar-refractivity contribution < 1.29 is 10.2 Å². The molecule has 2 nitrogen and oxygen atoms in total. The fourth-order valence-corrected chi connectivity index (χ4v) is 2.67. The zero-order valence-corrected chi connectivity index (χ0v) is 6.74. The van der Waals surface area contributed by atoms with Crippen molar-refractivity contribution in [3.05, 3.63) is 0 Å². The molecular weight excluding hydrogens is 140 g/mol. The highest BCUT2D eigenvalue weighted by Gasteiger charge is 2.37. The highest BCUT2D eigenvalue weighted by molar-refractivity contribution is 4.88. The van der Waals surface area contributed by atoms with Gasteiger partial charge >= 0.3 is 0 Å². The molecule has 2 aliphatic carbocycles. The van der Waals surface area contributed by atoms with Crippen LogP contribution in [0.4, 0.5) is 0 Å². The van der Waals surface area contributed by atoms with Gasteiger partial charge in [-0.15, -0.1) is 0 Å². The quantitative estimate of drug-likeness (QED) is 0.547. The first-order valence-corrected chi connectivity index (χ1v) is 4.63. The molecule has 0 bridgehead atoms. The molecule has 2 heteroatoms. The van der Waals surface area contributed by atoms with Gasteiger partial charge in [0.25, 0.3) is 0 Å². The summed E-state index contributed by atoms with van der Waals surface area (Å²) < 4.78 is 0. The molecule has 0 saturated heterocycles. The Morgan fingerprint density at radius 3 is 1.73 bits per heavy atom. The van der Waals surface area contributed by atoms with Gasteiger partial charge in [-0.1, -0.05) is 19.3 Å². The van der Waals surface area contributed by atoms with Crippen molar-refractivity contribution in [1.82, 2.24) is 0 Å². The molecule has 2 aliphatic rings. The molecule has 2 N–H and O–H groups in total. The molecule has 0 amide bonds. The topological polar surface area (TPSA) is 40.5 Å². The second-order valence-corrected chi connectivity index (χ2v) is 4.06. The monoisotopic (exact) mass is 156 g/mol. The molecular formula is C9H16O2. The summed E-state index contributed by atoms with van der Waals surface area (Å²) in [7, 11) is 0. The highest BCUT2D eigenvalue weighted by Crippen LogP contribution is 2.41. The summed E-state index contributed by atoms with van der Waals surface area (Å²) in [5.74, 6) is 1.43. The minimum Gasteiger partial charge on any atom is -0.390 e. The average molecular weight is 156 g/mol. The van der Waals surface area contributed by atoms with Gasteiger partial charge in [0.15, 0.2) is 0 Å². The van der Waals surface area contributed by atoms with Crippen molar-refractivity contribution in [2.75, 3.05) is 0 Å². The van der Waals surface area contributed by atoms with Gasteiger partial charge in [0.1, 0.15) is 0 Å². The summed E-state index contributed by atoms with van der Waals surface area (Å²) in [5, 5.41) is 18.7. The van der Waals surface area contributed by atoms with E-state index in [0.717, 1.165) is 12.8 Å². The van der Waals surface area contributed by atoms with Crippen LogP contribution in [0.3, 0.4) is 0 Å². The minimum atomic E-state index is -0.436. The summed E-state index contributed by atoms with van der Waals surface area (Å²) >= 11 is 0. The molecule has 64 valence electrons. The van der Waals surface area contributed by atoms with E-state index in [1.54, 1.807) is 0 Å². The Kier molecular flexibility index (Phi) is 1.90. The number of aliphatic hydroxyl groups excluding tert-OH is 2. The van der Waals surface area contributed by atoms with Crippen LogP contribution >= 0.6 is 0 Å². The summed E-state index contributed by atoms with van der Waals surface area (Å²) in [6, 6.07) is 0. The Labute approximate surface area is 67.2 Å². The van der Waals surface area contributed by atoms with Crippen LogP contribution < -0.4 is 0 Å². The first-order chi connectivity index (χ1) is 5.27. The van der Waals surface area contributed by atoms with E-state index in [-0.39, 0.29) is 0 Å². The third kappa shape index (κ3) is 1.30. The Morgan fingerprint density at radius 1 is 0.818 bits per heavy atom. The molecule has 0 heterocycles. The summed E-state index contributed by atoms with van der Waals surface area (Å²) in [5.41, 5.74) is 0. The molecule has 0 spiro atoms. The number of aliphatic hydroxyl groups is 2. The van der Waals surface area contributed by atoms with Crippen LogP contribution in [-0.2, 0) is 0 Å². The van der Waals surface area contributed by atoms with E-state index in [2.05, 4.69) is 0 Å². The van der Waals surface area contributed by atoms with Gasteiger partial charge in [0.05, 0.1) is 12.2 Å². The van der Waals surface area contributed by atoms with E-state index >= 15 is 0 Å². The number of hydrogen-bond donors (Lipinski definition) is 2.